The lowest BCUT2D eigenvalue weighted by Gasteiger charge is -2.38. The average Bonchev–Trinajstić information content (AvgIpc) is 2.75. The molecule has 1 aliphatic heterocycles. The largest absolute Gasteiger partial charge is 0.573 e. The van der Waals surface area contributed by atoms with E-state index >= 15 is 0 Å². The van der Waals surface area contributed by atoms with E-state index in [1.165, 1.54) is 24.8 Å². The average molecular weight is 508 g/mol. The Morgan fingerprint density at radius 3 is 1.94 bits per heavy atom. The Kier molecular flexibility index (Phi) is 7.08. The van der Waals surface area contributed by atoms with Crippen LogP contribution in [0.25, 0.3) is 0 Å². The predicted molar refractivity (Wildman–Crippen MR) is 110 cm³/mol. The molecular formula is C21H21F5N2O5S. The van der Waals surface area contributed by atoms with Crippen LogP contribution in [0.15, 0.2) is 47.4 Å². The quantitative estimate of drug-likeness (QED) is 0.558. The molecule has 0 aliphatic carbocycles. The van der Waals surface area contributed by atoms with Crippen molar-refractivity contribution >= 4 is 15.9 Å². The van der Waals surface area contributed by atoms with Gasteiger partial charge in [-0.3, -0.25) is 4.79 Å². The fraction of sp³-hybridized carbons (Fsp3) is 0.381. The fourth-order valence-corrected chi connectivity index (χ4v) is 4.78. The molecule has 0 radical (unpaired) electrons. The van der Waals surface area contributed by atoms with Gasteiger partial charge in [0.25, 0.3) is 5.91 Å². The molecule has 1 fully saturated rings. The maximum atomic E-state index is 13.4. The van der Waals surface area contributed by atoms with Gasteiger partial charge in [-0.05, 0) is 50.2 Å². The molecule has 34 heavy (non-hydrogen) atoms. The molecule has 1 amide bonds. The summed E-state index contributed by atoms with van der Waals surface area (Å²) in [6, 6.07) is 6.69. The number of carbonyl (C=O) groups excluding carboxylic acids is 1. The Hall–Kier alpha value is -2.93. The Morgan fingerprint density at radius 1 is 0.853 bits per heavy atom. The van der Waals surface area contributed by atoms with Gasteiger partial charge in [0.1, 0.15) is 11.5 Å². The number of ether oxygens (including phenoxy) is 2. The van der Waals surface area contributed by atoms with Crippen LogP contribution in [0, 0.1) is 11.6 Å². The number of alkyl halides is 3. The summed E-state index contributed by atoms with van der Waals surface area (Å²) in [6.45, 7) is 2.83. The van der Waals surface area contributed by atoms with Gasteiger partial charge in [-0.25, -0.2) is 17.2 Å². The van der Waals surface area contributed by atoms with E-state index in [-0.39, 0.29) is 36.8 Å². The van der Waals surface area contributed by atoms with E-state index in [2.05, 4.69) is 4.74 Å². The maximum absolute atomic E-state index is 13.4. The number of carbonyl (C=O) groups is 1. The molecule has 1 aliphatic rings. The number of sulfonamides is 1. The van der Waals surface area contributed by atoms with E-state index < -0.39 is 45.3 Å². The van der Waals surface area contributed by atoms with Crippen LogP contribution in [0.2, 0.25) is 0 Å². The van der Waals surface area contributed by atoms with Gasteiger partial charge in [0, 0.05) is 32.2 Å². The third-order valence-corrected chi connectivity index (χ3v) is 6.91. The van der Waals surface area contributed by atoms with Crippen molar-refractivity contribution in [1.29, 1.82) is 0 Å². The molecule has 2 aromatic carbocycles. The molecule has 2 aromatic rings. The summed E-state index contributed by atoms with van der Waals surface area (Å²) >= 11 is 0. The van der Waals surface area contributed by atoms with Crippen LogP contribution in [0.4, 0.5) is 22.0 Å². The van der Waals surface area contributed by atoms with Gasteiger partial charge in [0.15, 0.2) is 17.2 Å². The second-order valence-corrected chi connectivity index (χ2v) is 9.84. The van der Waals surface area contributed by atoms with Crippen LogP contribution < -0.4 is 9.47 Å². The van der Waals surface area contributed by atoms with E-state index in [4.69, 9.17) is 4.74 Å². The van der Waals surface area contributed by atoms with Gasteiger partial charge < -0.3 is 14.4 Å². The minimum absolute atomic E-state index is 0.0257. The highest BCUT2D eigenvalue weighted by atomic mass is 32.2. The summed E-state index contributed by atoms with van der Waals surface area (Å²) in [5.74, 6) is -3.27. The third-order valence-electron chi connectivity index (χ3n) is 5.00. The number of amides is 1. The zero-order valence-electron chi connectivity index (χ0n) is 18.1. The first-order valence-corrected chi connectivity index (χ1v) is 11.4. The van der Waals surface area contributed by atoms with Crippen molar-refractivity contribution in [2.24, 2.45) is 0 Å². The maximum Gasteiger partial charge on any atom is 0.573 e. The standard InChI is InChI=1S/C21H21F5N2O5S/c1-20(2,32-15-5-8-17(22)18(23)13-15)19(29)27-9-11-28(12-10-27)34(30,31)16-6-3-14(4-7-16)33-21(24,25)26/h3-8,13H,9-12H2,1-2H3. The second-order valence-electron chi connectivity index (χ2n) is 7.90. The summed E-state index contributed by atoms with van der Waals surface area (Å²) < 4.78 is 99.4. The first kappa shape index (κ1) is 25.7. The van der Waals surface area contributed by atoms with E-state index in [9.17, 15) is 35.2 Å². The second kappa shape index (κ2) is 9.37. The molecule has 1 heterocycles. The summed E-state index contributed by atoms with van der Waals surface area (Å²) in [6.07, 6.45) is -4.90. The molecule has 7 nitrogen and oxygen atoms in total. The summed E-state index contributed by atoms with van der Waals surface area (Å²) in [5, 5.41) is 0. The van der Waals surface area contributed by atoms with Gasteiger partial charge in [-0.2, -0.15) is 4.31 Å². The lowest BCUT2D eigenvalue weighted by atomic mass is 10.1. The number of rotatable bonds is 6. The Morgan fingerprint density at radius 2 is 1.41 bits per heavy atom. The number of halogens is 5. The van der Waals surface area contributed by atoms with E-state index in [0.29, 0.717) is 0 Å². The van der Waals surface area contributed by atoms with Crippen molar-refractivity contribution < 1.29 is 44.6 Å². The van der Waals surface area contributed by atoms with Crippen LogP contribution in [0.5, 0.6) is 11.5 Å². The first-order valence-electron chi connectivity index (χ1n) is 9.98. The third kappa shape index (κ3) is 5.95. The predicted octanol–water partition coefficient (Wildman–Crippen LogP) is 3.55. The molecule has 3 rings (SSSR count). The van der Waals surface area contributed by atoms with Crippen molar-refractivity contribution in [3.05, 3.63) is 54.1 Å². The number of piperazine rings is 1. The highest BCUT2D eigenvalue weighted by Crippen LogP contribution is 2.27. The normalized spacial score (nSPS) is 15.8. The van der Waals surface area contributed by atoms with Gasteiger partial charge in [-0.1, -0.05) is 0 Å². The molecule has 0 spiro atoms. The molecule has 0 atom stereocenters. The first-order chi connectivity index (χ1) is 15.7. The minimum atomic E-state index is -4.90. The summed E-state index contributed by atoms with van der Waals surface area (Å²) in [5.41, 5.74) is -1.44. The van der Waals surface area contributed by atoms with Gasteiger partial charge in [-0.15, -0.1) is 13.2 Å². The van der Waals surface area contributed by atoms with Crippen LogP contribution in [-0.4, -0.2) is 61.7 Å². The van der Waals surface area contributed by atoms with Crippen molar-refractivity contribution in [2.75, 3.05) is 26.2 Å². The van der Waals surface area contributed by atoms with Gasteiger partial charge >= 0.3 is 6.36 Å². The molecule has 0 saturated carbocycles. The Bertz CT molecular complexity index is 1150. The zero-order chi connectivity index (χ0) is 25.3. The van der Waals surface area contributed by atoms with E-state index in [1.54, 1.807) is 0 Å². The van der Waals surface area contributed by atoms with Gasteiger partial charge in [0.05, 0.1) is 4.90 Å². The summed E-state index contributed by atoms with van der Waals surface area (Å²) in [4.78, 5) is 14.1. The van der Waals surface area contributed by atoms with Crippen LogP contribution in [0.3, 0.4) is 0 Å². The number of benzene rings is 2. The highest BCUT2D eigenvalue weighted by molar-refractivity contribution is 7.89. The fourth-order valence-electron chi connectivity index (χ4n) is 3.35. The molecule has 0 N–H and O–H groups in total. The number of hydrogen-bond donors (Lipinski definition) is 0. The Labute approximate surface area is 192 Å². The van der Waals surface area contributed by atoms with Crippen molar-refractivity contribution in [1.82, 2.24) is 9.21 Å². The SMILES string of the molecule is CC(C)(Oc1ccc(F)c(F)c1)C(=O)N1CCN(S(=O)(=O)c2ccc(OC(F)(F)F)cc2)CC1. The molecule has 13 heteroatoms. The number of hydrogen-bond acceptors (Lipinski definition) is 5. The van der Waals surface area contributed by atoms with E-state index in [0.717, 1.165) is 40.7 Å². The van der Waals surface area contributed by atoms with E-state index in [1.807, 2.05) is 0 Å². The van der Waals surface area contributed by atoms with Crippen LogP contribution >= 0.6 is 0 Å². The minimum Gasteiger partial charge on any atom is -0.478 e. The van der Waals surface area contributed by atoms with Gasteiger partial charge in [0.2, 0.25) is 10.0 Å². The van der Waals surface area contributed by atoms with Crippen molar-refractivity contribution in [3.63, 3.8) is 0 Å². The molecular weight excluding hydrogens is 487 g/mol. The topological polar surface area (TPSA) is 76.2 Å². The van der Waals surface area contributed by atoms with Crippen molar-refractivity contribution in [2.45, 2.75) is 30.7 Å². The van der Waals surface area contributed by atoms with Crippen LogP contribution in [-0.2, 0) is 14.8 Å². The highest BCUT2D eigenvalue weighted by Gasteiger charge is 2.38. The lowest BCUT2D eigenvalue weighted by molar-refractivity contribution is -0.274. The molecule has 186 valence electrons. The smallest absolute Gasteiger partial charge is 0.478 e. The molecule has 0 bridgehead atoms. The lowest BCUT2D eigenvalue weighted by Crippen LogP contribution is -2.56. The Balaban J connectivity index is 1.63. The molecule has 0 aromatic heterocycles. The van der Waals surface area contributed by atoms with Crippen molar-refractivity contribution in [3.8, 4) is 11.5 Å². The molecule has 0 unspecified atom stereocenters. The molecule has 1 saturated heterocycles. The summed E-state index contributed by atoms with van der Waals surface area (Å²) in [7, 11) is -4.01. The number of nitrogens with zero attached hydrogens (tertiary/aromatic N) is 2. The monoisotopic (exact) mass is 508 g/mol. The van der Waals surface area contributed by atoms with Crippen LogP contribution in [0.1, 0.15) is 13.8 Å². The zero-order valence-corrected chi connectivity index (χ0v) is 18.9.